The predicted molar refractivity (Wildman–Crippen MR) is 71.6 cm³/mol. The number of ether oxygens (including phenoxy) is 2. The van der Waals surface area contributed by atoms with E-state index in [4.69, 9.17) is 4.74 Å². The molecule has 1 aromatic rings. The fraction of sp³-hybridized carbons (Fsp3) is 0.500. The third-order valence-electron chi connectivity index (χ3n) is 2.64. The first kappa shape index (κ1) is 15.8. The van der Waals surface area contributed by atoms with E-state index in [1.165, 1.54) is 32.5 Å². The van der Waals surface area contributed by atoms with E-state index in [0.29, 0.717) is 13.2 Å². The van der Waals surface area contributed by atoms with Crippen LogP contribution < -0.4 is 4.90 Å². The Labute approximate surface area is 116 Å². The molecule has 0 amide bonds. The first-order chi connectivity index (χ1) is 9.60. The van der Waals surface area contributed by atoms with Gasteiger partial charge in [-0.2, -0.15) is 0 Å². The number of pyridine rings is 1. The molecule has 1 heterocycles. The van der Waals surface area contributed by atoms with Crippen molar-refractivity contribution in [1.82, 2.24) is 4.98 Å². The van der Waals surface area contributed by atoms with Gasteiger partial charge in [-0.3, -0.25) is 14.9 Å². The smallest absolute Gasteiger partial charge is 0.311 e. The molecule has 0 N–H and O–H groups in total. The molecular formula is C12H17N3O5. The Morgan fingerprint density at radius 2 is 2.20 bits per heavy atom. The summed E-state index contributed by atoms with van der Waals surface area (Å²) in [6, 6.07) is 2.87. The third-order valence-corrected chi connectivity index (χ3v) is 2.64. The number of aromatic nitrogens is 1. The van der Waals surface area contributed by atoms with Crippen molar-refractivity contribution >= 4 is 17.5 Å². The lowest BCUT2D eigenvalue weighted by Crippen LogP contribution is -2.31. The summed E-state index contributed by atoms with van der Waals surface area (Å²) in [5, 5.41) is 11.0. The average Bonchev–Trinajstić information content (AvgIpc) is 2.47. The highest BCUT2D eigenvalue weighted by Gasteiger charge is 2.21. The zero-order chi connectivity index (χ0) is 15.0. The maximum Gasteiger partial charge on any atom is 0.311 e. The van der Waals surface area contributed by atoms with Crippen LogP contribution in [0.3, 0.4) is 0 Å². The molecule has 0 aromatic carbocycles. The highest BCUT2D eigenvalue weighted by molar-refractivity contribution is 5.70. The molecule has 0 radical (unpaired) electrons. The van der Waals surface area contributed by atoms with Gasteiger partial charge < -0.3 is 14.4 Å². The number of anilines is 1. The summed E-state index contributed by atoms with van der Waals surface area (Å²) >= 11 is 0. The maximum absolute atomic E-state index is 11.2. The van der Waals surface area contributed by atoms with E-state index < -0.39 is 4.92 Å². The molecule has 1 aromatic heterocycles. The Bertz CT molecular complexity index is 466. The van der Waals surface area contributed by atoms with Crippen LogP contribution in [0.4, 0.5) is 11.5 Å². The standard InChI is InChI=1S/C12H17N3O5/c1-19-9-8-14(7-5-11(16)20-2)12-10(15(17)18)4-3-6-13-12/h3-4,6H,5,7-9H2,1-2H3. The van der Waals surface area contributed by atoms with Gasteiger partial charge in [0.2, 0.25) is 5.82 Å². The van der Waals surface area contributed by atoms with E-state index in [1.54, 1.807) is 4.90 Å². The monoisotopic (exact) mass is 283 g/mol. The van der Waals surface area contributed by atoms with Crippen molar-refractivity contribution in [2.75, 3.05) is 38.8 Å². The SMILES string of the molecule is COCCN(CCC(=O)OC)c1ncccc1[N+](=O)[O-]. The molecule has 0 saturated heterocycles. The fourth-order valence-corrected chi connectivity index (χ4v) is 1.63. The van der Waals surface area contributed by atoms with Crippen LogP contribution in [0.25, 0.3) is 0 Å². The quantitative estimate of drug-likeness (QED) is 0.399. The lowest BCUT2D eigenvalue weighted by molar-refractivity contribution is -0.384. The van der Waals surface area contributed by atoms with Gasteiger partial charge in [0.05, 0.1) is 25.1 Å². The van der Waals surface area contributed by atoms with Gasteiger partial charge in [-0.25, -0.2) is 4.98 Å². The number of nitro groups is 1. The summed E-state index contributed by atoms with van der Waals surface area (Å²) in [6.07, 6.45) is 1.59. The second-order valence-electron chi connectivity index (χ2n) is 3.91. The van der Waals surface area contributed by atoms with Gasteiger partial charge in [-0.05, 0) is 6.07 Å². The predicted octanol–water partition coefficient (Wildman–Crippen LogP) is 1.01. The van der Waals surface area contributed by atoms with Gasteiger partial charge in [-0.1, -0.05) is 0 Å². The minimum atomic E-state index is -0.500. The van der Waals surface area contributed by atoms with Gasteiger partial charge in [0, 0.05) is 32.5 Å². The van der Waals surface area contributed by atoms with E-state index in [2.05, 4.69) is 9.72 Å². The van der Waals surface area contributed by atoms with Crippen molar-refractivity contribution in [3.8, 4) is 0 Å². The minimum absolute atomic E-state index is 0.103. The van der Waals surface area contributed by atoms with Crippen LogP contribution >= 0.6 is 0 Å². The summed E-state index contributed by atoms with van der Waals surface area (Å²) < 4.78 is 9.54. The first-order valence-corrected chi connectivity index (χ1v) is 6.00. The molecule has 0 saturated carbocycles. The van der Waals surface area contributed by atoms with E-state index in [1.807, 2.05) is 0 Å². The topological polar surface area (TPSA) is 94.8 Å². The van der Waals surface area contributed by atoms with Crippen LogP contribution in [0.5, 0.6) is 0 Å². The molecule has 0 bridgehead atoms. The maximum atomic E-state index is 11.2. The van der Waals surface area contributed by atoms with Crippen LogP contribution in [0.15, 0.2) is 18.3 Å². The highest BCUT2D eigenvalue weighted by Crippen LogP contribution is 2.24. The summed E-state index contributed by atoms with van der Waals surface area (Å²) in [6.45, 7) is 1.04. The first-order valence-electron chi connectivity index (χ1n) is 6.00. The van der Waals surface area contributed by atoms with Gasteiger partial charge in [0.15, 0.2) is 0 Å². The Morgan fingerprint density at radius 1 is 1.45 bits per heavy atom. The normalized spacial score (nSPS) is 10.1. The molecular weight excluding hydrogens is 266 g/mol. The molecule has 0 aliphatic carbocycles. The van der Waals surface area contributed by atoms with Crippen LogP contribution in [0.2, 0.25) is 0 Å². The van der Waals surface area contributed by atoms with Crippen LogP contribution in [0, 0.1) is 10.1 Å². The van der Waals surface area contributed by atoms with E-state index >= 15 is 0 Å². The number of methoxy groups -OCH3 is 2. The van der Waals surface area contributed by atoms with Crippen molar-refractivity contribution in [2.24, 2.45) is 0 Å². The number of carbonyl (C=O) groups is 1. The van der Waals surface area contributed by atoms with Crippen LogP contribution in [-0.4, -0.2) is 49.8 Å². The fourth-order valence-electron chi connectivity index (χ4n) is 1.63. The van der Waals surface area contributed by atoms with E-state index in [9.17, 15) is 14.9 Å². The van der Waals surface area contributed by atoms with Gasteiger partial charge in [-0.15, -0.1) is 0 Å². The van der Waals surface area contributed by atoms with Crippen LogP contribution in [-0.2, 0) is 14.3 Å². The Hall–Kier alpha value is -2.22. The zero-order valence-corrected chi connectivity index (χ0v) is 11.4. The van der Waals surface area contributed by atoms with Gasteiger partial charge >= 0.3 is 11.7 Å². The molecule has 1 rings (SSSR count). The molecule has 0 aliphatic rings. The van der Waals surface area contributed by atoms with Gasteiger partial charge in [0.1, 0.15) is 0 Å². The van der Waals surface area contributed by atoms with Crippen molar-refractivity contribution in [2.45, 2.75) is 6.42 Å². The summed E-state index contributed by atoms with van der Waals surface area (Å²) in [5.74, 6) is -0.163. The second kappa shape index (κ2) is 8.05. The molecule has 0 atom stereocenters. The largest absolute Gasteiger partial charge is 0.469 e. The summed E-state index contributed by atoms with van der Waals surface area (Å²) in [4.78, 5) is 27.4. The molecule has 8 nitrogen and oxygen atoms in total. The van der Waals surface area contributed by atoms with Crippen molar-refractivity contribution in [3.63, 3.8) is 0 Å². The van der Waals surface area contributed by atoms with E-state index in [-0.39, 0.29) is 30.4 Å². The molecule has 0 spiro atoms. The summed E-state index contributed by atoms with van der Waals surface area (Å²) in [7, 11) is 2.83. The molecule has 0 unspecified atom stereocenters. The number of hydrogen-bond donors (Lipinski definition) is 0. The molecule has 8 heteroatoms. The number of rotatable bonds is 8. The highest BCUT2D eigenvalue weighted by atomic mass is 16.6. The van der Waals surface area contributed by atoms with Crippen molar-refractivity contribution < 1.29 is 19.2 Å². The molecule has 110 valence electrons. The van der Waals surface area contributed by atoms with E-state index in [0.717, 1.165) is 0 Å². The third kappa shape index (κ3) is 4.47. The lowest BCUT2D eigenvalue weighted by atomic mass is 10.3. The number of nitrogens with zero attached hydrogens (tertiary/aromatic N) is 3. The molecule has 0 aliphatic heterocycles. The number of carbonyl (C=O) groups excluding carboxylic acids is 1. The van der Waals surface area contributed by atoms with Crippen molar-refractivity contribution in [3.05, 3.63) is 28.4 Å². The lowest BCUT2D eigenvalue weighted by Gasteiger charge is -2.22. The van der Waals surface area contributed by atoms with Gasteiger partial charge in [0.25, 0.3) is 0 Å². The van der Waals surface area contributed by atoms with Crippen molar-refractivity contribution in [1.29, 1.82) is 0 Å². The Morgan fingerprint density at radius 3 is 2.80 bits per heavy atom. The average molecular weight is 283 g/mol. The molecule has 20 heavy (non-hydrogen) atoms. The Kier molecular flexibility index (Phi) is 6.38. The molecule has 0 fully saturated rings. The zero-order valence-electron chi connectivity index (χ0n) is 11.4. The minimum Gasteiger partial charge on any atom is -0.469 e. The summed E-state index contributed by atoms with van der Waals surface area (Å²) in [5.41, 5.74) is -0.103. The number of hydrogen-bond acceptors (Lipinski definition) is 7. The number of esters is 1. The van der Waals surface area contributed by atoms with Crippen LogP contribution in [0.1, 0.15) is 6.42 Å². The Balaban J connectivity index is 2.91. The second-order valence-corrected chi connectivity index (χ2v) is 3.91.